The van der Waals surface area contributed by atoms with Crippen molar-refractivity contribution in [2.24, 2.45) is 0 Å². The van der Waals surface area contributed by atoms with Crippen molar-refractivity contribution in [3.63, 3.8) is 0 Å². The van der Waals surface area contributed by atoms with Gasteiger partial charge >= 0.3 is 0 Å². The van der Waals surface area contributed by atoms with E-state index in [1.54, 1.807) is 6.20 Å². The van der Waals surface area contributed by atoms with Crippen LogP contribution in [0.3, 0.4) is 0 Å². The van der Waals surface area contributed by atoms with Crippen molar-refractivity contribution < 1.29 is 0 Å². The van der Waals surface area contributed by atoms with E-state index in [1.165, 1.54) is 11.1 Å². The van der Waals surface area contributed by atoms with Gasteiger partial charge in [-0.15, -0.1) is 0 Å². The highest BCUT2D eigenvalue weighted by Gasteiger charge is 2.06. The molecule has 0 amide bonds. The molecular weight excluding hydrogens is 286 g/mol. The molecule has 0 aliphatic heterocycles. The standard InChI is InChI=1S/C18H19N5/c1-14-9-19-8-6-16(14)13-23(2)12-15-10-21-18(22-11-15)17-5-3-4-7-20-17/h3-11H,12-13H2,1-2H3. The molecule has 0 saturated carbocycles. The van der Waals surface area contributed by atoms with Crippen molar-refractivity contribution in [1.82, 2.24) is 24.8 Å². The third-order valence-electron chi connectivity index (χ3n) is 3.63. The number of hydrogen-bond acceptors (Lipinski definition) is 5. The maximum absolute atomic E-state index is 4.42. The average Bonchev–Trinajstić information content (AvgIpc) is 2.58. The van der Waals surface area contributed by atoms with E-state index < -0.39 is 0 Å². The van der Waals surface area contributed by atoms with Crippen molar-refractivity contribution in [1.29, 1.82) is 0 Å². The first-order valence-electron chi connectivity index (χ1n) is 7.53. The van der Waals surface area contributed by atoms with E-state index in [-0.39, 0.29) is 0 Å². The van der Waals surface area contributed by atoms with Gasteiger partial charge in [0.2, 0.25) is 0 Å². The van der Waals surface area contributed by atoms with Gasteiger partial charge < -0.3 is 0 Å². The number of rotatable bonds is 5. The molecule has 0 aliphatic rings. The first-order valence-corrected chi connectivity index (χ1v) is 7.53. The van der Waals surface area contributed by atoms with Crippen LogP contribution in [-0.4, -0.2) is 31.9 Å². The number of aryl methyl sites for hydroxylation is 1. The predicted octanol–water partition coefficient (Wildman–Crippen LogP) is 2.87. The Hall–Kier alpha value is -2.66. The van der Waals surface area contributed by atoms with Crippen LogP contribution in [0.1, 0.15) is 16.7 Å². The van der Waals surface area contributed by atoms with Crippen LogP contribution in [0.4, 0.5) is 0 Å². The maximum Gasteiger partial charge on any atom is 0.178 e. The van der Waals surface area contributed by atoms with E-state index in [4.69, 9.17) is 0 Å². The van der Waals surface area contributed by atoms with Crippen LogP contribution < -0.4 is 0 Å². The van der Waals surface area contributed by atoms with Crippen LogP contribution in [-0.2, 0) is 13.1 Å². The molecule has 0 saturated heterocycles. The van der Waals surface area contributed by atoms with Crippen LogP contribution in [0.15, 0.2) is 55.2 Å². The monoisotopic (exact) mass is 305 g/mol. The molecule has 3 aromatic heterocycles. The van der Waals surface area contributed by atoms with Gasteiger partial charge in [-0.3, -0.25) is 14.9 Å². The summed E-state index contributed by atoms with van der Waals surface area (Å²) >= 11 is 0. The van der Waals surface area contributed by atoms with E-state index >= 15 is 0 Å². The summed E-state index contributed by atoms with van der Waals surface area (Å²) in [4.78, 5) is 19.5. The van der Waals surface area contributed by atoms with Crippen molar-refractivity contribution in [3.8, 4) is 11.5 Å². The highest BCUT2D eigenvalue weighted by Crippen LogP contribution is 2.13. The van der Waals surface area contributed by atoms with Gasteiger partial charge in [-0.05, 0) is 43.3 Å². The number of nitrogens with zero attached hydrogens (tertiary/aromatic N) is 5. The lowest BCUT2D eigenvalue weighted by Gasteiger charge is -2.17. The first-order chi connectivity index (χ1) is 11.2. The lowest BCUT2D eigenvalue weighted by molar-refractivity contribution is 0.317. The van der Waals surface area contributed by atoms with E-state index in [0.29, 0.717) is 5.82 Å². The normalized spacial score (nSPS) is 10.9. The SMILES string of the molecule is Cc1cnccc1CN(C)Cc1cnc(-c2ccccn2)nc1. The number of aromatic nitrogens is 4. The van der Waals surface area contributed by atoms with Crippen molar-refractivity contribution in [2.45, 2.75) is 20.0 Å². The lowest BCUT2D eigenvalue weighted by Crippen LogP contribution is -2.18. The molecule has 3 heterocycles. The van der Waals surface area contributed by atoms with Gasteiger partial charge in [0.05, 0.1) is 0 Å². The summed E-state index contributed by atoms with van der Waals surface area (Å²) in [5, 5.41) is 0. The van der Waals surface area contributed by atoms with E-state index in [2.05, 4.69) is 44.9 Å². The van der Waals surface area contributed by atoms with Gasteiger partial charge in [0.25, 0.3) is 0 Å². The zero-order valence-electron chi connectivity index (χ0n) is 13.3. The minimum absolute atomic E-state index is 0.655. The predicted molar refractivity (Wildman–Crippen MR) is 89.4 cm³/mol. The Morgan fingerprint density at radius 2 is 1.74 bits per heavy atom. The smallest absolute Gasteiger partial charge is 0.178 e. The highest BCUT2D eigenvalue weighted by atomic mass is 15.1. The van der Waals surface area contributed by atoms with Crippen LogP contribution in [0.2, 0.25) is 0 Å². The van der Waals surface area contributed by atoms with Crippen molar-refractivity contribution in [2.75, 3.05) is 7.05 Å². The Morgan fingerprint density at radius 3 is 2.43 bits per heavy atom. The molecule has 5 nitrogen and oxygen atoms in total. The third-order valence-corrected chi connectivity index (χ3v) is 3.63. The highest BCUT2D eigenvalue weighted by molar-refractivity contribution is 5.47. The van der Waals surface area contributed by atoms with Crippen LogP contribution >= 0.6 is 0 Å². The average molecular weight is 305 g/mol. The molecule has 0 atom stereocenters. The lowest BCUT2D eigenvalue weighted by atomic mass is 10.1. The number of pyridine rings is 2. The Morgan fingerprint density at radius 1 is 0.913 bits per heavy atom. The van der Waals surface area contributed by atoms with Crippen LogP contribution in [0, 0.1) is 6.92 Å². The fourth-order valence-corrected chi connectivity index (χ4v) is 2.40. The molecule has 0 spiro atoms. The zero-order valence-corrected chi connectivity index (χ0v) is 13.3. The van der Waals surface area contributed by atoms with Crippen molar-refractivity contribution >= 4 is 0 Å². The van der Waals surface area contributed by atoms with Gasteiger partial charge in [0.15, 0.2) is 5.82 Å². The zero-order chi connectivity index (χ0) is 16.1. The Labute approximate surface area is 136 Å². The quantitative estimate of drug-likeness (QED) is 0.725. The minimum atomic E-state index is 0.655. The fraction of sp³-hybridized carbons (Fsp3) is 0.222. The summed E-state index contributed by atoms with van der Waals surface area (Å²) < 4.78 is 0. The second kappa shape index (κ2) is 7.07. The molecule has 116 valence electrons. The minimum Gasteiger partial charge on any atom is -0.298 e. The van der Waals surface area contributed by atoms with E-state index in [0.717, 1.165) is 24.3 Å². The molecule has 0 aliphatic carbocycles. The molecule has 3 rings (SSSR count). The topological polar surface area (TPSA) is 54.8 Å². The summed E-state index contributed by atoms with van der Waals surface area (Å²) in [5.74, 6) is 0.655. The van der Waals surface area contributed by atoms with Gasteiger partial charge in [-0.2, -0.15) is 0 Å². The molecule has 5 heteroatoms. The number of hydrogen-bond donors (Lipinski definition) is 0. The molecule has 3 aromatic rings. The van der Waals surface area contributed by atoms with Gasteiger partial charge in [0.1, 0.15) is 5.69 Å². The summed E-state index contributed by atoms with van der Waals surface area (Å²) in [7, 11) is 2.09. The Bertz CT molecular complexity index is 756. The maximum atomic E-state index is 4.42. The molecule has 0 N–H and O–H groups in total. The van der Waals surface area contributed by atoms with Crippen molar-refractivity contribution in [3.05, 3.63) is 71.9 Å². The summed E-state index contributed by atoms with van der Waals surface area (Å²) in [6.07, 6.45) is 9.21. The molecule has 0 radical (unpaired) electrons. The van der Waals surface area contributed by atoms with E-state index in [1.807, 2.05) is 43.0 Å². The largest absolute Gasteiger partial charge is 0.298 e. The summed E-state index contributed by atoms with van der Waals surface area (Å²) in [6.45, 7) is 3.75. The molecule has 0 bridgehead atoms. The van der Waals surface area contributed by atoms with Gasteiger partial charge in [0, 0.05) is 49.6 Å². The van der Waals surface area contributed by atoms with E-state index in [9.17, 15) is 0 Å². The molecule has 0 fully saturated rings. The Kier molecular flexibility index (Phi) is 4.68. The Balaban J connectivity index is 1.65. The molecule has 23 heavy (non-hydrogen) atoms. The summed E-state index contributed by atoms with van der Waals surface area (Å²) in [5.41, 5.74) is 4.37. The van der Waals surface area contributed by atoms with Crippen LogP contribution in [0.5, 0.6) is 0 Å². The molecule has 0 unspecified atom stereocenters. The second-order valence-corrected chi connectivity index (χ2v) is 5.60. The second-order valence-electron chi connectivity index (χ2n) is 5.60. The summed E-state index contributed by atoms with van der Waals surface area (Å²) in [6, 6.07) is 7.79. The molecular formula is C18H19N5. The third kappa shape index (κ3) is 3.96. The fourth-order valence-electron chi connectivity index (χ4n) is 2.40. The van der Waals surface area contributed by atoms with Gasteiger partial charge in [-0.1, -0.05) is 6.07 Å². The first kappa shape index (κ1) is 15.2. The molecule has 0 aromatic carbocycles. The van der Waals surface area contributed by atoms with Crippen LogP contribution in [0.25, 0.3) is 11.5 Å². The van der Waals surface area contributed by atoms with Gasteiger partial charge in [-0.25, -0.2) is 9.97 Å².